The third-order valence-corrected chi connectivity index (χ3v) is 4.80. The Bertz CT molecular complexity index is 882. The van der Waals surface area contributed by atoms with Crippen molar-refractivity contribution >= 4 is 17.7 Å². The van der Waals surface area contributed by atoms with Gasteiger partial charge in [0, 0.05) is 24.2 Å². The molecule has 1 aromatic heterocycles. The minimum absolute atomic E-state index is 0.168. The van der Waals surface area contributed by atoms with Crippen LogP contribution in [-0.4, -0.2) is 26.4 Å². The van der Waals surface area contributed by atoms with E-state index in [-0.39, 0.29) is 24.0 Å². The Hall–Kier alpha value is -2.67. The average Bonchev–Trinajstić information content (AvgIpc) is 3.09. The molecule has 0 unspecified atom stereocenters. The molecule has 0 saturated carbocycles. The Morgan fingerprint density at radius 1 is 1.12 bits per heavy atom. The molecule has 2 aromatic carbocycles. The largest absolute Gasteiger partial charge is 0.351 e. The van der Waals surface area contributed by atoms with Gasteiger partial charge in [-0.1, -0.05) is 60.3 Å². The summed E-state index contributed by atoms with van der Waals surface area (Å²) in [6.45, 7) is 2.89. The third kappa shape index (κ3) is 4.29. The van der Waals surface area contributed by atoms with Crippen molar-refractivity contribution in [2.45, 2.75) is 25.2 Å². The summed E-state index contributed by atoms with van der Waals surface area (Å²) in [5, 5.41) is 11.9. The second-order valence-corrected chi connectivity index (χ2v) is 6.52. The van der Waals surface area contributed by atoms with Gasteiger partial charge in [0.1, 0.15) is 5.82 Å². The summed E-state index contributed by atoms with van der Waals surface area (Å²) >= 11 is 1.32. The fraction of sp³-hybridized carbons (Fsp3) is 0.211. The summed E-state index contributed by atoms with van der Waals surface area (Å²) in [5.41, 5.74) is 1.45. The third-order valence-electron chi connectivity index (χ3n) is 3.83. The topological polar surface area (TPSA) is 59.8 Å². The molecule has 7 heteroatoms. The van der Waals surface area contributed by atoms with E-state index in [2.05, 4.69) is 15.5 Å². The molecule has 0 spiro atoms. The maximum absolute atomic E-state index is 13.6. The number of carbonyl (C=O) groups is 1. The number of hydrogen-bond acceptors (Lipinski definition) is 4. The number of rotatable bonds is 7. The van der Waals surface area contributed by atoms with Crippen LogP contribution < -0.4 is 5.32 Å². The molecule has 3 aromatic rings. The minimum Gasteiger partial charge on any atom is -0.351 e. The molecule has 5 nitrogen and oxygen atoms in total. The van der Waals surface area contributed by atoms with Crippen LogP contribution in [0.15, 0.2) is 59.8 Å². The smallest absolute Gasteiger partial charge is 0.230 e. The number of amides is 1. The number of thioether (sulfide) groups is 1. The quantitative estimate of drug-likeness (QED) is 0.647. The van der Waals surface area contributed by atoms with Crippen LogP contribution in [0.4, 0.5) is 4.39 Å². The van der Waals surface area contributed by atoms with Crippen LogP contribution in [0.25, 0.3) is 11.4 Å². The van der Waals surface area contributed by atoms with Gasteiger partial charge in [-0.05, 0) is 13.0 Å². The van der Waals surface area contributed by atoms with Crippen molar-refractivity contribution in [1.82, 2.24) is 20.1 Å². The van der Waals surface area contributed by atoms with Crippen molar-refractivity contribution in [2.75, 3.05) is 5.75 Å². The first kappa shape index (κ1) is 18.1. The molecule has 1 heterocycles. The lowest BCUT2D eigenvalue weighted by atomic mass is 10.2. The van der Waals surface area contributed by atoms with Gasteiger partial charge in [0.2, 0.25) is 5.91 Å². The summed E-state index contributed by atoms with van der Waals surface area (Å²) in [6, 6.07) is 16.2. The summed E-state index contributed by atoms with van der Waals surface area (Å²) in [6.07, 6.45) is 0. The summed E-state index contributed by atoms with van der Waals surface area (Å²) < 4.78 is 15.6. The highest BCUT2D eigenvalue weighted by atomic mass is 32.2. The van der Waals surface area contributed by atoms with Crippen molar-refractivity contribution in [1.29, 1.82) is 0 Å². The zero-order valence-electron chi connectivity index (χ0n) is 14.4. The molecule has 1 amide bonds. The van der Waals surface area contributed by atoms with Crippen molar-refractivity contribution in [3.8, 4) is 11.4 Å². The Kier molecular flexibility index (Phi) is 6.01. The van der Waals surface area contributed by atoms with Gasteiger partial charge in [0.15, 0.2) is 11.0 Å². The van der Waals surface area contributed by atoms with E-state index in [0.717, 1.165) is 11.4 Å². The molecular formula is C19H19FN4OS. The van der Waals surface area contributed by atoms with E-state index in [1.165, 1.54) is 17.8 Å². The van der Waals surface area contributed by atoms with Crippen LogP contribution in [-0.2, 0) is 17.9 Å². The molecule has 0 aliphatic rings. The lowest BCUT2D eigenvalue weighted by Crippen LogP contribution is -2.25. The van der Waals surface area contributed by atoms with Gasteiger partial charge in [-0.15, -0.1) is 10.2 Å². The first-order chi connectivity index (χ1) is 12.7. The molecule has 0 saturated heterocycles. The maximum Gasteiger partial charge on any atom is 0.230 e. The molecule has 0 aliphatic carbocycles. The number of nitrogens with zero attached hydrogens (tertiary/aromatic N) is 3. The first-order valence-electron chi connectivity index (χ1n) is 8.30. The number of aromatic nitrogens is 3. The summed E-state index contributed by atoms with van der Waals surface area (Å²) in [7, 11) is 0. The van der Waals surface area contributed by atoms with Crippen LogP contribution in [0.5, 0.6) is 0 Å². The van der Waals surface area contributed by atoms with E-state index in [0.29, 0.717) is 17.3 Å². The highest BCUT2D eigenvalue weighted by Gasteiger charge is 2.14. The molecule has 0 fully saturated rings. The Balaban J connectivity index is 1.60. The second kappa shape index (κ2) is 8.62. The molecule has 0 bridgehead atoms. The highest BCUT2D eigenvalue weighted by molar-refractivity contribution is 7.99. The SMILES string of the molecule is CCn1c(SCC(=O)NCc2ccccc2F)nnc1-c1ccccc1. The standard InChI is InChI=1S/C19H19FN4OS/c1-2-24-18(14-8-4-3-5-9-14)22-23-19(24)26-13-17(25)21-12-15-10-6-7-11-16(15)20/h3-11H,2,12-13H2,1H3,(H,21,25). The van der Waals surface area contributed by atoms with Gasteiger partial charge in [-0.2, -0.15) is 0 Å². The zero-order valence-corrected chi connectivity index (χ0v) is 15.2. The number of halogens is 1. The summed E-state index contributed by atoms with van der Waals surface area (Å²) in [4.78, 5) is 12.1. The van der Waals surface area contributed by atoms with Crippen LogP contribution in [0.1, 0.15) is 12.5 Å². The fourth-order valence-corrected chi connectivity index (χ4v) is 3.33. The van der Waals surface area contributed by atoms with Crippen LogP contribution in [0.3, 0.4) is 0 Å². The first-order valence-corrected chi connectivity index (χ1v) is 9.29. The van der Waals surface area contributed by atoms with Gasteiger partial charge in [-0.3, -0.25) is 4.79 Å². The molecule has 3 rings (SSSR count). The second-order valence-electron chi connectivity index (χ2n) is 5.57. The molecule has 26 heavy (non-hydrogen) atoms. The highest BCUT2D eigenvalue weighted by Crippen LogP contribution is 2.23. The van der Waals surface area contributed by atoms with Gasteiger partial charge < -0.3 is 9.88 Å². The van der Waals surface area contributed by atoms with Gasteiger partial charge in [-0.25, -0.2) is 4.39 Å². The Labute approximate surface area is 155 Å². The van der Waals surface area contributed by atoms with Gasteiger partial charge in [0.25, 0.3) is 0 Å². The molecule has 0 atom stereocenters. The van der Waals surface area contributed by atoms with Crippen LogP contribution >= 0.6 is 11.8 Å². The van der Waals surface area contributed by atoms with E-state index in [9.17, 15) is 9.18 Å². The zero-order chi connectivity index (χ0) is 18.4. The molecular weight excluding hydrogens is 351 g/mol. The lowest BCUT2D eigenvalue weighted by molar-refractivity contribution is -0.118. The number of nitrogens with one attached hydrogen (secondary N) is 1. The fourth-order valence-electron chi connectivity index (χ4n) is 2.50. The number of carbonyl (C=O) groups excluding carboxylic acids is 1. The Morgan fingerprint density at radius 2 is 1.85 bits per heavy atom. The number of hydrogen-bond donors (Lipinski definition) is 1. The van der Waals surface area contributed by atoms with Gasteiger partial charge in [0.05, 0.1) is 5.75 Å². The van der Waals surface area contributed by atoms with Crippen LogP contribution in [0, 0.1) is 5.82 Å². The van der Waals surface area contributed by atoms with E-state index < -0.39 is 0 Å². The lowest BCUT2D eigenvalue weighted by Gasteiger charge is -2.08. The van der Waals surface area contributed by atoms with E-state index >= 15 is 0 Å². The normalized spacial score (nSPS) is 10.7. The predicted octanol–water partition coefficient (Wildman–Crippen LogP) is 3.51. The molecule has 134 valence electrons. The molecule has 0 aliphatic heterocycles. The monoisotopic (exact) mass is 370 g/mol. The average molecular weight is 370 g/mol. The molecule has 0 radical (unpaired) electrons. The van der Waals surface area contributed by atoms with Crippen LogP contribution in [0.2, 0.25) is 0 Å². The van der Waals surface area contributed by atoms with Crippen molar-refractivity contribution in [2.24, 2.45) is 0 Å². The van der Waals surface area contributed by atoms with Crippen molar-refractivity contribution in [3.05, 3.63) is 66.0 Å². The van der Waals surface area contributed by atoms with Gasteiger partial charge >= 0.3 is 0 Å². The Morgan fingerprint density at radius 3 is 2.58 bits per heavy atom. The maximum atomic E-state index is 13.6. The van der Waals surface area contributed by atoms with Crippen molar-refractivity contribution < 1.29 is 9.18 Å². The van der Waals surface area contributed by atoms with E-state index in [1.54, 1.807) is 18.2 Å². The molecule has 1 N–H and O–H groups in total. The number of benzene rings is 2. The van der Waals surface area contributed by atoms with Crippen molar-refractivity contribution in [3.63, 3.8) is 0 Å². The minimum atomic E-state index is -0.321. The summed E-state index contributed by atoms with van der Waals surface area (Å²) in [5.74, 6) is 0.479. The van der Waals surface area contributed by atoms with E-state index in [1.807, 2.05) is 41.8 Å². The van der Waals surface area contributed by atoms with E-state index in [4.69, 9.17) is 0 Å². The predicted molar refractivity (Wildman–Crippen MR) is 100 cm³/mol.